The fourth-order valence-electron chi connectivity index (χ4n) is 2.63. The number of ether oxygens (including phenoxy) is 1. The number of thioether (sulfide) groups is 1. The van der Waals surface area contributed by atoms with Gasteiger partial charge in [0.1, 0.15) is 11.1 Å². The van der Waals surface area contributed by atoms with Crippen molar-refractivity contribution in [1.82, 2.24) is 4.90 Å². The molecule has 0 aromatic heterocycles. The highest BCUT2D eigenvalue weighted by atomic mass is 35.5. The second-order valence-electron chi connectivity index (χ2n) is 5.47. The number of halogens is 2. The van der Waals surface area contributed by atoms with E-state index in [1.807, 2.05) is 55.1 Å². The molecule has 3 rings (SSSR count). The van der Waals surface area contributed by atoms with E-state index in [1.165, 1.54) is 0 Å². The van der Waals surface area contributed by atoms with Crippen LogP contribution in [0.15, 0.2) is 42.5 Å². The van der Waals surface area contributed by atoms with Crippen LogP contribution in [-0.2, 0) is 0 Å². The van der Waals surface area contributed by atoms with Crippen LogP contribution >= 0.6 is 47.2 Å². The summed E-state index contributed by atoms with van der Waals surface area (Å²) in [5.41, 5.74) is 1.97. The van der Waals surface area contributed by atoms with Crippen molar-refractivity contribution in [3.8, 4) is 5.75 Å². The summed E-state index contributed by atoms with van der Waals surface area (Å²) in [6.45, 7) is 3.49. The highest BCUT2D eigenvalue weighted by Crippen LogP contribution is 2.41. The van der Waals surface area contributed by atoms with E-state index >= 15 is 0 Å². The van der Waals surface area contributed by atoms with Crippen molar-refractivity contribution in [1.29, 1.82) is 0 Å². The number of hydrogen-bond acceptors (Lipinski definition) is 3. The fourth-order valence-corrected chi connectivity index (χ4v) is 4.89. The van der Waals surface area contributed by atoms with Gasteiger partial charge >= 0.3 is 0 Å². The number of rotatable bonds is 4. The van der Waals surface area contributed by atoms with Crippen LogP contribution < -0.4 is 10.1 Å². The molecule has 1 aliphatic rings. The molecular formula is C18H18Cl2N2OS2. The first-order valence-electron chi connectivity index (χ1n) is 7.95. The van der Waals surface area contributed by atoms with E-state index < -0.39 is 0 Å². The fraction of sp³-hybridized carbons (Fsp3) is 0.278. The summed E-state index contributed by atoms with van der Waals surface area (Å²) in [5, 5.41) is 5.38. The Kier molecular flexibility index (Phi) is 6.34. The SMILES string of the molecule is CCOc1ccc(NC(=S)N2CCS[C@@H]2c2ccc(Cl)cc2Cl)cc1. The Bertz CT molecular complexity index is 755. The molecule has 1 fully saturated rings. The lowest BCUT2D eigenvalue weighted by Gasteiger charge is -2.27. The second kappa shape index (κ2) is 8.49. The summed E-state index contributed by atoms with van der Waals surface area (Å²) in [5.74, 6) is 1.84. The molecule has 1 aliphatic heterocycles. The quantitative estimate of drug-likeness (QED) is 0.636. The first-order valence-corrected chi connectivity index (χ1v) is 10.2. The normalized spacial score (nSPS) is 16.8. The molecule has 3 nitrogen and oxygen atoms in total. The lowest BCUT2D eigenvalue weighted by Crippen LogP contribution is -2.34. The molecule has 1 saturated heterocycles. The lowest BCUT2D eigenvalue weighted by atomic mass is 10.2. The number of nitrogens with zero attached hydrogens (tertiary/aromatic N) is 1. The minimum atomic E-state index is 0.0902. The minimum Gasteiger partial charge on any atom is -0.494 e. The van der Waals surface area contributed by atoms with Gasteiger partial charge in [-0.1, -0.05) is 29.3 Å². The Morgan fingerprint density at radius 3 is 2.72 bits per heavy atom. The number of hydrogen-bond donors (Lipinski definition) is 1. The lowest BCUT2D eigenvalue weighted by molar-refractivity contribution is 0.340. The van der Waals surface area contributed by atoms with E-state index in [-0.39, 0.29) is 5.37 Å². The van der Waals surface area contributed by atoms with Crippen molar-refractivity contribution in [2.45, 2.75) is 12.3 Å². The molecule has 132 valence electrons. The first kappa shape index (κ1) is 18.6. The number of benzene rings is 2. The third kappa shape index (κ3) is 4.53. The van der Waals surface area contributed by atoms with Gasteiger partial charge in [-0.25, -0.2) is 0 Å². The van der Waals surface area contributed by atoms with Gasteiger partial charge in [0, 0.05) is 33.6 Å². The van der Waals surface area contributed by atoms with E-state index in [0.717, 1.165) is 29.3 Å². The summed E-state index contributed by atoms with van der Waals surface area (Å²) in [6.07, 6.45) is 0. The van der Waals surface area contributed by atoms with Crippen LogP contribution in [0.3, 0.4) is 0 Å². The van der Waals surface area contributed by atoms with Crippen LogP contribution in [0.5, 0.6) is 5.75 Å². The first-order chi connectivity index (χ1) is 12.1. The van der Waals surface area contributed by atoms with E-state index in [4.69, 9.17) is 40.2 Å². The molecule has 7 heteroatoms. The van der Waals surface area contributed by atoms with Gasteiger partial charge in [0.15, 0.2) is 5.11 Å². The van der Waals surface area contributed by atoms with Gasteiger partial charge < -0.3 is 15.0 Å². The Morgan fingerprint density at radius 2 is 2.04 bits per heavy atom. The maximum atomic E-state index is 6.38. The Hall–Kier alpha value is -1.14. The largest absolute Gasteiger partial charge is 0.494 e. The average molecular weight is 413 g/mol. The van der Waals surface area contributed by atoms with E-state index in [0.29, 0.717) is 21.8 Å². The van der Waals surface area contributed by atoms with Gasteiger partial charge in [0.2, 0.25) is 0 Å². The van der Waals surface area contributed by atoms with E-state index in [2.05, 4.69) is 10.2 Å². The van der Waals surface area contributed by atoms with Gasteiger partial charge in [-0.3, -0.25) is 0 Å². The van der Waals surface area contributed by atoms with Crippen molar-refractivity contribution in [3.63, 3.8) is 0 Å². The van der Waals surface area contributed by atoms with Crippen LogP contribution in [0.4, 0.5) is 5.69 Å². The molecule has 2 aromatic carbocycles. The zero-order valence-corrected chi connectivity index (χ0v) is 16.8. The van der Waals surface area contributed by atoms with E-state index in [1.54, 1.807) is 6.07 Å². The molecule has 1 N–H and O–H groups in total. The van der Waals surface area contributed by atoms with Gasteiger partial charge in [0.25, 0.3) is 0 Å². The molecule has 0 saturated carbocycles. The van der Waals surface area contributed by atoms with Gasteiger partial charge in [-0.15, -0.1) is 11.8 Å². The predicted molar refractivity (Wildman–Crippen MR) is 112 cm³/mol. The zero-order chi connectivity index (χ0) is 17.8. The van der Waals surface area contributed by atoms with Crippen LogP contribution in [0.25, 0.3) is 0 Å². The Balaban J connectivity index is 1.72. The maximum Gasteiger partial charge on any atom is 0.174 e. The Labute approximate surface area is 167 Å². The molecule has 1 heterocycles. The number of anilines is 1. The number of nitrogens with one attached hydrogen (secondary N) is 1. The van der Waals surface area contributed by atoms with Crippen molar-refractivity contribution in [2.24, 2.45) is 0 Å². The summed E-state index contributed by atoms with van der Waals surface area (Å²) >= 11 is 19.8. The monoisotopic (exact) mass is 412 g/mol. The van der Waals surface area contributed by atoms with Crippen LogP contribution in [0.2, 0.25) is 10.0 Å². The Morgan fingerprint density at radius 1 is 1.28 bits per heavy atom. The third-order valence-electron chi connectivity index (χ3n) is 3.80. The maximum absolute atomic E-state index is 6.38. The minimum absolute atomic E-state index is 0.0902. The van der Waals surface area contributed by atoms with Crippen molar-refractivity contribution in [3.05, 3.63) is 58.1 Å². The third-order valence-corrected chi connectivity index (χ3v) is 5.94. The molecule has 2 aromatic rings. The standard InChI is InChI=1S/C18H18Cl2N2OS2/c1-2-23-14-6-4-13(5-7-14)21-18(24)22-9-10-25-17(22)15-8-3-12(19)11-16(15)20/h3-8,11,17H,2,9-10H2,1H3,(H,21,24)/t17-/m1/s1. The van der Waals surface area contributed by atoms with Crippen molar-refractivity contribution < 1.29 is 4.74 Å². The molecule has 0 amide bonds. The zero-order valence-electron chi connectivity index (χ0n) is 13.7. The van der Waals surface area contributed by atoms with Gasteiger partial charge in [0.05, 0.1) is 6.61 Å². The molecular weight excluding hydrogens is 395 g/mol. The summed E-state index contributed by atoms with van der Waals surface area (Å²) in [6, 6.07) is 13.4. The topological polar surface area (TPSA) is 24.5 Å². The summed E-state index contributed by atoms with van der Waals surface area (Å²) < 4.78 is 5.46. The van der Waals surface area contributed by atoms with E-state index in [9.17, 15) is 0 Å². The predicted octanol–water partition coefficient (Wildman–Crippen LogP) is 5.84. The number of thiocarbonyl (C=S) groups is 1. The van der Waals surface area contributed by atoms with Crippen LogP contribution in [0.1, 0.15) is 17.9 Å². The molecule has 0 radical (unpaired) electrons. The molecule has 25 heavy (non-hydrogen) atoms. The van der Waals surface area contributed by atoms with Gasteiger partial charge in [-0.2, -0.15) is 0 Å². The second-order valence-corrected chi connectivity index (χ2v) is 7.89. The van der Waals surface area contributed by atoms with Crippen molar-refractivity contribution >= 4 is 58.0 Å². The molecule has 0 bridgehead atoms. The molecule has 0 spiro atoms. The summed E-state index contributed by atoms with van der Waals surface area (Å²) in [7, 11) is 0. The highest BCUT2D eigenvalue weighted by molar-refractivity contribution is 7.99. The molecule has 0 aliphatic carbocycles. The van der Waals surface area contributed by atoms with Gasteiger partial charge in [-0.05, 0) is 55.5 Å². The molecule has 0 unspecified atom stereocenters. The van der Waals surface area contributed by atoms with Crippen molar-refractivity contribution in [2.75, 3.05) is 24.2 Å². The van der Waals surface area contributed by atoms with Crippen LogP contribution in [-0.4, -0.2) is 28.9 Å². The summed E-state index contributed by atoms with van der Waals surface area (Å²) in [4.78, 5) is 2.16. The smallest absolute Gasteiger partial charge is 0.174 e. The molecule has 1 atom stereocenters. The van der Waals surface area contributed by atoms with Crippen LogP contribution in [0, 0.1) is 0 Å². The highest BCUT2D eigenvalue weighted by Gasteiger charge is 2.30. The average Bonchev–Trinajstić information content (AvgIpc) is 3.06.